The number of hydrogen-bond donors (Lipinski definition) is 1. The normalized spacial score (nSPS) is 12.1. The van der Waals surface area contributed by atoms with Crippen LogP contribution in [0.4, 0.5) is 13.2 Å². The largest absolute Gasteiger partial charge is 0.573 e. The number of nitrogens with zero attached hydrogens (tertiary/aromatic N) is 4. The molecule has 0 bridgehead atoms. The molecule has 0 amide bonds. The first kappa shape index (κ1) is 15.6. The van der Waals surface area contributed by atoms with Gasteiger partial charge < -0.3 is 4.74 Å². The van der Waals surface area contributed by atoms with Gasteiger partial charge >= 0.3 is 6.36 Å². The Morgan fingerprint density at radius 2 is 2.25 bits per heavy atom. The molecule has 1 aromatic rings. The number of alkyl halides is 3. The minimum Gasteiger partial charge on any atom is -0.406 e. The van der Waals surface area contributed by atoms with Crippen molar-refractivity contribution in [2.45, 2.75) is 12.4 Å². The molecule has 0 aliphatic carbocycles. The molecule has 0 saturated carbocycles. The maximum Gasteiger partial charge on any atom is 0.573 e. The molecule has 1 N–H and O–H groups in total. The molecule has 0 aromatic heterocycles. The molecule has 1 rings (SSSR count). The molecule has 1 unspecified atom stereocenters. The lowest BCUT2D eigenvalue weighted by Crippen LogP contribution is -2.23. The van der Waals surface area contributed by atoms with Gasteiger partial charge in [0.25, 0.3) is 0 Å². The van der Waals surface area contributed by atoms with Crippen LogP contribution >= 0.6 is 0 Å². The summed E-state index contributed by atoms with van der Waals surface area (Å²) in [5.74, 6) is -0.396. The van der Waals surface area contributed by atoms with Gasteiger partial charge in [0.1, 0.15) is 11.8 Å². The van der Waals surface area contributed by atoms with Crippen molar-refractivity contribution < 1.29 is 17.9 Å². The van der Waals surface area contributed by atoms with Crippen LogP contribution in [0.1, 0.15) is 11.6 Å². The van der Waals surface area contributed by atoms with Crippen LogP contribution in [0.2, 0.25) is 0 Å². The molecule has 0 fully saturated rings. The van der Waals surface area contributed by atoms with Gasteiger partial charge in [0, 0.05) is 18.0 Å². The first-order valence-corrected chi connectivity index (χ1v) is 5.46. The van der Waals surface area contributed by atoms with Gasteiger partial charge in [-0.15, -0.1) is 13.2 Å². The zero-order chi connectivity index (χ0) is 15.0. The molecule has 6 nitrogen and oxygen atoms in total. The third kappa shape index (κ3) is 5.48. The molecule has 9 heteroatoms. The summed E-state index contributed by atoms with van der Waals surface area (Å²) in [6.07, 6.45) is -4.78. The summed E-state index contributed by atoms with van der Waals surface area (Å²) in [7, 11) is 0. The molecule has 1 aromatic carbocycles. The Labute approximate surface area is 112 Å². The SMILES string of the molecule is N#CC(NCCN=[N+]=[N-])c1cccc(OC(F)(F)F)c1. The number of benzene rings is 1. The second kappa shape index (κ2) is 7.23. The number of halogens is 3. The van der Waals surface area contributed by atoms with Crippen molar-refractivity contribution in [1.82, 2.24) is 5.32 Å². The zero-order valence-corrected chi connectivity index (χ0v) is 10.1. The Bertz CT molecular complexity index is 534. The highest BCUT2D eigenvalue weighted by Crippen LogP contribution is 2.25. The average molecular weight is 285 g/mol. The van der Waals surface area contributed by atoms with E-state index in [1.165, 1.54) is 12.1 Å². The Kier molecular flexibility index (Phi) is 5.65. The number of ether oxygens (including phenoxy) is 1. The van der Waals surface area contributed by atoms with E-state index in [1.807, 2.05) is 6.07 Å². The van der Waals surface area contributed by atoms with Crippen LogP contribution in [0.15, 0.2) is 29.4 Å². The Morgan fingerprint density at radius 3 is 2.85 bits per heavy atom. The maximum atomic E-state index is 12.1. The van der Waals surface area contributed by atoms with Crippen LogP contribution in [-0.2, 0) is 0 Å². The van der Waals surface area contributed by atoms with Gasteiger partial charge in [-0.2, -0.15) is 5.26 Å². The fourth-order valence-corrected chi connectivity index (χ4v) is 1.43. The van der Waals surface area contributed by atoms with Crippen LogP contribution in [0.25, 0.3) is 10.4 Å². The second-order valence-electron chi connectivity index (χ2n) is 3.59. The summed E-state index contributed by atoms with van der Waals surface area (Å²) in [6.45, 7) is 0.361. The lowest BCUT2D eigenvalue weighted by atomic mass is 10.1. The van der Waals surface area contributed by atoms with Gasteiger partial charge in [0.15, 0.2) is 0 Å². The summed E-state index contributed by atoms with van der Waals surface area (Å²) < 4.78 is 40.1. The minimum absolute atomic E-state index is 0.132. The van der Waals surface area contributed by atoms with E-state index in [-0.39, 0.29) is 13.1 Å². The van der Waals surface area contributed by atoms with Crippen LogP contribution in [-0.4, -0.2) is 19.5 Å². The van der Waals surface area contributed by atoms with Crippen LogP contribution in [0.5, 0.6) is 5.75 Å². The number of nitriles is 1. The molecule has 106 valence electrons. The highest BCUT2D eigenvalue weighted by Gasteiger charge is 2.31. The van der Waals surface area contributed by atoms with E-state index < -0.39 is 18.2 Å². The van der Waals surface area contributed by atoms with Crippen molar-refractivity contribution in [1.29, 1.82) is 5.26 Å². The Morgan fingerprint density at radius 1 is 1.50 bits per heavy atom. The topological polar surface area (TPSA) is 93.8 Å². The third-order valence-corrected chi connectivity index (χ3v) is 2.18. The summed E-state index contributed by atoms with van der Waals surface area (Å²) >= 11 is 0. The second-order valence-corrected chi connectivity index (χ2v) is 3.59. The molecule has 0 heterocycles. The van der Waals surface area contributed by atoms with Crippen molar-refractivity contribution in [3.8, 4) is 11.8 Å². The number of azide groups is 1. The summed E-state index contributed by atoms with van der Waals surface area (Å²) in [6, 6.07) is 6.21. The fraction of sp³-hybridized carbons (Fsp3) is 0.364. The monoisotopic (exact) mass is 285 g/mol. The van der Waals surface area contributed by atoms with E-state index in [4.69, 9.17) is 10.8 Å². The van der Waals surface area contributed by atoms with Gasteiger partial charge in [-0.05, 0) is 23.2 Å². The third-order valence-electron chi connectivity index (χ3n) is 2.18. The van der Waals surface area contributed by atoms with Gasteiger partial charge in [0.2, 0.25) is 0 Å². The molecular weight excluding hydrogens is 275 g/mol. The Hall–Kier alpha value is -2.43. The van der Waals surface area contributed by atoms with Crippen molar-refractivity contribution in [2.75, 3.05) is 13.1 Å². The predicted molar refractivity (Wildman–Crippen MR) is 63.5 cm³/mol. The van der Waals surface area contributed by atoms with E-state index in [1.54, 1.807) is 0 Å². The van der Waals surface area contributed by atoms with Crippen LogP contribution in [0.3, 0.4) is 0 Å². The molecule has 0 radical (unpaired) electrons. The molecule has 20 heavy (non-hydrogen) atoms. The fourth-order valence-electron chi connectivity index (χ4n) is 1.43. The average Bonchev–Trinajstić information content (AvgIpc) is 2.37. The number of nitrogens with one attached hydrogen (secondary N) is 1. The number of hydrogen-bond acceptors (Lipinski definition) is 4. The molecule has 0 saturated heterocycles. The van der Waals surface area contributed by atoms with Gasteiger partial charge in [-0.3, -0.25) is 5.32 Å². The van der Waals surface area contributed by atoms with Crippen molar-refractivity contribution in [3.05, 3.63) is 40.3 Å². The summed E-state index contributed by atoms with van der Waals surface area (Å²) in [5, 5.41) is 15.0. The van der Waals surface area contributed by atoms with Crippen LogP contribution < -0.4 is 10.1 Å². The molecular formula is C11H10F3N5O. The van der Waals surface area contributed by atoms with Gasteiger partial charge in [-0.25, -0.2) is 0 Å². The quantitative estimate of drug-likeness (QED) is 0.376. The maximum absolute atomic E-state index is 12.1. The Balaban J connectivity index is 2.75. The molecule has 1 atom stereocenters. The van der Waals surface area contributed by atoms with Gasteiger partial charge in [0.05, 0.1) is 6.07 Å². The van der Waals surface area contributed by atoms with E-state index in [9.17, 15) is 13.2 Å². The van der Waals surface area contributed by atoms with Crippen molar-refractivity contribution in [3.63, 3.8) is 0 Å². The lowest BCUT2D eigenvalue weighted by Gasteiger charge is -2.13. The molecule has 0 aliphatic rings. The van der Waals surface area contributed by atoms with Gasteiger partial charge in [-0.1, -0.05) is 17.2 Å². The van der Waals surface area contributed by atoms with E-state index in [2.05, 4.69) is 20.1 Å². The van der Waals surface area contributed by atoms with Crippen molar-refractivity contribution >= 4 is 0 Å². The van der Waals surface area contributed by atoms with E-state index >= 15 is 0 Å². The highest BCUT2D eigenvalue weighted by molar-refractivity contribution is 5.33. The standard InChI is InChI=1S/C11H10F3N5O/c12-11(13,14)20-9-3-1-2-8(6-9)10(7-15)17-4-5-18-19-16/h1-3,6,10,17H,4-5H2. The zero-order valence-electron chi connectivity index (χ0n) is 10.1. The lowest BCUT2D eigenvalue weighted by molar-refractivity contribution is -0.274. The van der Waals surface area contributed by atoms with E-state index in [0.717, 1.165) is 12.1 Å². The predicted octanol–water partition coefficient (Wildman–Crippen LogP) is 3.05. The highest BCUT2D eigenvalue weighted by atomic mass is 19.4. The minimum atomic E-state index is -4.78. The first-order chi connectivity index (χ1) is 9.46. The summed E-state index contributed by atoms with van der Waals surface area (Å²) in [4.78, 5) is 2.54. The number of rotatable bonds is 6. The van der Waals surface area contributed by atoms with Crippen molar-refractivity contribution in [2.24, 2.45) is 5.11 Å². The first-order valence-electron chi connectivity index (χ1n) is 5.46. The molecule has 0 spiro atoms. The summed E-state index contributed by atoms with van der Waals surface area (Å²) in [5.41, 5.74) is 8.42. The smallest absolute Gasteiger partial charge is 0.406 e. The molecule has 0 aliphatic heterocycles. The van der Waals surface area contributed by atoms with Crippen LogP contribution in [0, 0.1) is 11.3 Å². The van der Waals surface area contributed by atoms with E-state index in [0.29, 0.717) is 5.56 Å².